The number of rotatable bonds is 18. The summed E-state index contributed by atoms with van der Waals surface area (Å²) in [5, 5.41) is 32.2. The van der Waals surface area contributed by atoms with Gasteiger partial charge in [-0.2, -0.15) is 0 Å². The van der Waals surface area contributed by atoms with Crippen molar-refractivity contribution in [3.8, 4) is 0 Å². The van der Waals surface area contributed by atoms with E-state index >= 15 is 0 Å². The summed E-state index contributed by atoms with van der Waals surface area (Å²) in [6.45, 7) is 4.91. The molecule has 12 heteroatoms. The van der Waals surface area contributed by atoms with Gasteiger partial charge in [-0.15, -0.1) is 0 Å². The van der Waals surface area contributed by atoms with Gasteiger partial charge in [0, 0.05) is 38.0 Å². The molecule has 5 N–H and O–H groups in total. The molecule has 0 aliphatic carbocycles. The second-order valence-electron chi connectivity index (χ2n) is 8.29. The Morgan fingerprint density at radius 1 is 0.676 bits per heavy atom. The van der Waals surface area contributed by atoms with Crippen molar-refractivity contribution in [2.24, 2.45) is 11.8 Å². The first-order valence-electron chi connectivity index (χ1n) is 11.1. The average Bonchev–Trinajstić information content (AvgIpc) is 2.75. The minimum absolute atomic E-state index is 0.00348. The van der Waals surface area contributed by atoms with Crippen LogP contribution < -0.4 is 10.6 Å². The van der Waals surface area contributed by atoms with Crippen LogP contribution >= 0.6 is 0 Å². The predicted octanol–water partition coefficient (Wildman–Crippen LogP) is 0.761. The number of hydrogen-bond acceptors (Lipinski definition) is 7. The Bertz CT molecular complexity index is 778. The fourth-order valence-electron chi connectivity index (χ4n) is 2.95. The maximum Gasteiger partial charge on any atom is 0.326 e. The molecule has 0 radical (unpaired) electrons. The highest BCUT2D eigenvalue weighted by atomic mass is 16.4. The number of carbonyl (C=O) groups excluding carboxylic acids is 4. The Hall–Kier alpha value is -3.31. The molecular weight excluding hydrogens is 452 g/mol. The van der Waals surface area contributed by atoms with Gasteiger partial charge in [-0.3, -0.25) is 24.0 Å². The molecule has 3 atom stereocenters. The molecule has 0 saturated carbocycles. The van der Waals surface area contributed by atoms with Gasteiger partial charge in [-0.25, -0.2) is 9.59 Å². The fraction of sp³-hybridized carbons (Fsp3) is 0.682. The lowest BCUT2D eigenvalue weighted by molar-refractivity contribution is -0.145. The zero-order valence-electron chi connectivity index (χ0n) is 19.7. The van der Waals surface area contributed by atoms with Crippen LogP contribution in [0.15, 0.2) is 0 Å². The van der Waals surface area contributed by atoms with Gasteiger partial charge in [0.25, 0.3) is 0 Å². The van der Waals surface area contributed by atoms with E-state index in [1.807, 2.05) is 0 Å². The van der Waals surface area contributed by atoms with Gasteiger partial charge in [0.15, 0.2) is 0 Å². The third kappa shape index (κ3) is 12.7. The Balaban J connectivity index is 4.77. The molecule has 0 rings (SSSR count). The third-order valence-corrected chi connectivity index (χ3v) is 5.17. The Morgan fingerprint density at radius 3 is 1.62 bits per heavy atom. The first-order chi connectivity index (χ1) is 15.8. The monoisotopic (exact) mass is 486 g/mol. The van der Waals surface area contributed by atoms with Gasteiger partial charge in [0.1, 0.15) is 23.7 Å². The van der Waals surface area contributed by atoms with Crippen molar-refractivity contribution < 1.29 is 48.9 Å². The minimum atomic E-state index is -1.43. The molecule has 0 fully saturated rings. The fourth-order valence-corrected chi connectivity index (χ4v) is 2.95. The molecule has 0 aliphatic rings. The van der Waals surface area contributed by atoms with E-state index in [2.05, 4.69) is 10.6 Å². The maximum atomic E-state index is 12.2. The molecule has 0 aromatic rings. The predicted molar refractivity (Wildman–Crippen MR) is 118 cm³/mol. The molecule has 0 aromatic heterocycles. The van der Waals surface area contributed by atoms with E-state index in [-0.39, 0.29) is 63.1 Å². The number of aliphatic carboxylic acids is 3. The number of Topliss-reactive ketones (excluding diaryl/α,β-unsaturated/α-hetero) is 2. The molecule has 0 bridgehead atoms. The summed E-state index contributed by atoms with van der Waals surface area (Å²) in [4.78, 5) is 81.4. The summed E-state index contributed by atoms with van der Waals surface area (Å²) >= 11 is 0. The Labute approximate surface area is 197 Å². The highest BCUT2D eigenvalue weighted by Gasteiger charge is 2.26. The van der Waals surface area contributed by atoms with Crippen molar-refractivity contribution in [2.45, 2.75) is 84.2 Å². The molecule has 0 aromatic carbocycles. The number of nitrogens with one attached hydrogen (secondary N) is 2. The number of carboxylic acid groups (broad SMARTS) is 3. The van der Waals surface area contributed by atoms with Crippen molar-refractivity contribution in [1.82, 2.24) is 10.6 Å². The van der Waals surface area contributed by atoms with E-state index in [0.29, 0.717) is 0 Å². The number of carboxylic acids is 3. The van der Waals surface area contributed by atoms with Crippen LogP contribution in [0.3, 0.4) is 0 Å². The van der Waals surface area contributed by atoms with Gasteiger partial charge in [0.2, 0.25) is 11.8 Å². The van der Waals surface area contributed by atoms with Gasteiger partial charge in [-0.1, -0.05) is 20.8 Å². The second-order valence-corrected chi connectivity index (χ2v) is 8.29. The molecule has 0 unspecified atom stereocenters. The van der Waals surface area contributed by atoms with Crippen molar-refractivity contribution >= 4 is 41.3 Å². The molecule has 2 amide bonds. The first kappa shape index (κ1) is 30.7. The topological polar surface area (TPSA) is 204 Å². The Kier molecular flexibility index (Phi) is 14.0. The van der Waals surface area contributed by atoms with Crippen LogP contribution in [0.5, 0.6) is 0 Å². The van der Waals surface area contributed by atoms with Crippen LogP contribution in [0.25, 0.3) is 0 Å². The van der Waals surface area contributed by atoms with Gasteiger partial charge < -0.3 is 26.0 Å². The minimum Gasteiger partial charge on any atom is -0.481 e. The van der Waals surface area contributed by atoms with E-state index in [0.717, 1.165) is 0 Å². The van der Waals surface area contributed by atoms with Gasteiger partial charge in [0.05, 0.1) is 5.92 Å². The second kappa shape index (κ2) is 15.5. The number of carbonyl (C=O) groups is 7. The first-order valence-corrected chi connectivity index (χ1v) is 11.1. The summed E-state index contributed by atoms with van der Waals surface area (Å²) in [5.74, 6) is -7.21. The van der Waals surface area contributed by atoms with Crippen molar-refractivity contribution in [1.29, 1.82) is 0 Å². The molecule has 0 heterocycles. The summed E-state index contributed by atoms with van der Waals surface area (Å²) in [5.41, 5.74) is 0. The number of amides is 2. The number of hydrogen-bond donors (Lipinski definition) is 5. The molecule has 192 valence electrons. The van der Waals surface area contributed by atoms with Crippen LogP contribution in [0.2, 0.25) is 0 Å². The maximum absolute atomic E-state index is 12.2. The van der Waals surface area contributed by atoms with E-state index in [9.17, 15) is 43.8 Å². The van der Waals surface area contributed by atoms with Crippen LogP contribution in [0.4, 0.5) is 0 Å². The van der Waals surface area contributed by atoms with Crippen LogP contribution in [-0.2, 0) is 33.6 Å². The molecular formula is C22H34N2O10. The zero-order valence-corrected chi connectivity index (χ0v) is 19.7. The van der Waals surface area contributed by atoms with E-state index in [1.54, 1.807) is 13.8 Å². The van der Waals surface area contributed by atoms with Crippen molar-refractivity contribution in [3.05, 3.63) is 0 Å². The largest absolute Gasteiger partial charge is 0.481 e. The van der Waals surface area contributed by atoms with Crippen LogP contribution in [0.1, 0.15) is 72.1 Å². The smallest absolute Gasteiger partial charge is 0.326 e. The van der Waals surface area contributed by atoms with E-state index in [1.165, 1.54) is 6.92 Å². The third-order valence-electron chi connectivity index (χ3n) is 5.17. The summed E-state index contributed by atoms with van der Waals surface area (Å²) in [7, 11) is 0. The Morgan fingerprint density at radius 2 is 1.18 bits per heavy atom. The zero-order chi connectivity index (χ0) is 26.4. The van der Waals surface area contributed by atoms with Crippen LogP contribution in [-0.4, -0.2) is 68.7 Å². The molecule has 0 saturated heterocycles. The summed E-state index contributed by atoms with van der Waals surface area (Å²) < 4.78 is 0. The van der Waals surface area contributed by atoms with Gasteiger partial charge in [-0.05, 0) is 19.3 Å². The van der Waals surface area contributed by atoms with Crippen molar-refractivity contribution in [3.63, 3.8) is 0 Å². The molecule has 12 nitrogen and oxygen atoms in total. The quantitative estimate of drug-likeness (QED) is 0.184. The lowest BCUT2D eigenvalue weighted by Gasteiger charge is -2.17. The molecule has 0 aliphatic heterocycles. The highest BCUT2D eigenvalue weighted by Crippen LogP contribution is 2.17. The van der Waals surface area contributed by atoms with E-state index in [4.69, 9.17) is 5.11 Å². The standard InChI is InChI=1S/C22H34N2O10/c1-4-18(27)23-16(22(33)34)8-10-19(28)24-15(21(31)32)7-6-14(25)11-13(20(29)30)5-9-17(26)12(2)3/h12-13,15-16H,4-11H2,1-3H3,(H,23,27)(H,24,28)(H,29,30)(H,31,32)(H,33,34)/t13-,15+,16+/m1/s1. The normalized spacial score (nSPS) is 13.4. The van der Waals surface area contributed by atoms with Crippen LogP contribution in [0, 0.1) is 11.8 Å². The lowest BCUT2D eigenvalue weighted by Crippen LogP contribution is -2.44. The molecule has 34 heavy (non-hydrogen) atoms. The SMILES string of the molecule is CCC(=O)N[C@@H](CCC(=O)N[C@@H](CCC(=O)C[C@@H](CCC(=O)C(C)C)C(=O)O)C(=O)O)C(=O)O. The van der Waals surface area contributed by atoms with Gasteiger partial charge >= 0.3 is 17.9 Å². The summed E-state index contributed by atoms with van der Waals surface area (Å²) in [6.07, 6.45) is -1.50. The lowest BCUT2D eigenvalue weighted by atomic mass is 9.92. The van der Waals surface area contributed by atoms with E-state index < -0.39 is 53.5 Å². The number of ketones is 2. The summed E-state index contributed by atoms with van der Waals surface area (Å²) in [6, 6.07) is -2.74. The average molecular weight is 487 g/mol. The van der Waals surface area contributed by atoms with Crippen molar-refractivity contribution in [2.75, 3.05) is 0 Å². The molecule has 0 spiro atoms. The highest BCUT2D eigenvalue weighted by molar-refractivity contribution is 5.87.